The van der Waals surface area contributed by atoms with Gasteiger partial charge in [-0.15, -0.1) is 18.2 Å². The molecule has 0 radical (unpaired) electrons. The highest BCUT2D eigenvalue weighted by molar-refractivity contribution is 6.22. The van der Waals surface area contributed by atoms with Crippen LogP contribution in [-0.4, -0.2) is 30.3 Å². The van der Waals surface area contributed by atoms with E-state index in [4.69, 9.17) is 21.4 Å². The van der Waals surface area contributed by atoms with Gasteiger partial charge in [-0.05, 0) is 6.42 Å². The molecule has 0 aromatic rings. The van der Waals surface area contributed by atoms with Crippen LogP contribution in [-0.2, 0) is 4.74 Å². The monoisotopic (exact) mass is 164 g/mol. The average molecular weight is 165 g/mol. The van der Waals surface area contributed by atoms with E-state index in [1.54, 1.807) is 13.2 Å². The van der Waals surface area contributed by atoms with Crippen LogP contribution in [0.15, 0.2) is 12.7 Å². The van der Waals surface area contributed by atoms with Crippen molar-refractivity contribution in [1.82, 2.24) is 0 Å². The Morgan fingerprint density at radius 3 is 2.70 bits per heavy atom. The fourth-order valence-corrected chi connectivity index (χ4v) is 0.915. The largest absolute Gasteiger partial charge is 0.396 e. The summed E-state index contributed by atoms with van der Waals surface area (Å²) in [6.45, 7) is 3.61. The number of ether oxygens (including phenoxy) is 1. The van der Waals surface area contributed by atoms with Gasteiger partial charge in [0.15, 0.2) is 0 Å². The number of aliphatic hydroxyl groups excluding tert-OH is 1. The molecule has 0 bridgehead atoms. The number of halogens is 1. The molecule has 0 fully saturated rings. The van der Waals surface area contributed by atoms with Gasteiger partial charge >= 0.3 is 0 Å². The highest BCUT2D eigenvalue weighted by Crippen LogP contribution is 2.10. The first-order valence-corrected chi connectivity index (χ1v) is 3.60. The number of aliphatic hydroxyl groups is 1. The summed E-state index contributed by atoms with van der Waals surface area (Å²) in [5, 5.41) is 8.33. The lowest BCUT2D eigenvalue weighted by molar-refractivity contribution is 0.0823. The first kappa shape index (κ1) is 9.95. The summed E-state index contributed by atoms with van der Waals surface area (Å²) < 4.78 is 4.98. The van der Waals surface area contributed by atoms with Crippen molar-refractivity contribution in [2.24, 2.45) is 0 Å². The molecule has 0 aliphatic carbocycles. The first-order chi connectivity index (χ1) is 4.76. The Hall–Kier alpha value is -0.0500. The lowest BCUT2D eigenvalue weighted by Gasteiger charge is -2.16. The predicted molar refractivity (Wildman–Crippen MR) is 42.3 cm³/mol. The molecule has 2 atom stereocenters. The molecule has 3 heteroatoms. The zero-order valence-electron chi connectivity index (χ0n) is 6.09. The third-order valence-electron chi connectivity index (χ3n) is 1.30. The Balaban J connectivity index is 3.67. The van der Waals surface area contributed by atoms with Crippen molar-refractivity contribution in [3.63, 3.8) is 0 Å². The van der Waals surface area contributed by atoms with E-state index in [1.165, 1.54) is 0 Å². The van der Waals surface area contributed by atoms with Crippen molar-refractivity contribution in [1.29, 1.82) is 0 Å². The van der Waals surface area contributed by atoms with E-state index < -0.39 is 0 Å². The molecule has 2 nitrogen and oxygen atoms in total. The van der Waals surface area contributed by atoms with Crippen molar-refractivity contribution in [2.45, 2.75) is 17.9 Å². The standard InChI is InChI=1S/C7H13ClO2/c1-3-6(8)7(10-2)4-5-9/h3,6-7,9H,1,4-5H2,2H3. The minimum Gasteiger partial charge on any atom is -0.396 e. The topological polar surface area (TPSA) is 29.5 Å². The lowest BCUT2D eigenvalue weighted by atomic mass is 10.2. The van der Waals surface area contributed by atoms with Crippen molar-refractivity contribution in [3.05, 3.63) is 12.7 Å². The lowest BCUT2D eigenvalue weighted by Crippen LogP contribution is -2.22. The van der Waals surface area contributed by atoms with E-state index in [9.17, 15) is 0 Å². The van der Waals surface area contributed by atoms with Crippen LogP contribution >= 0.6 is 11.6 Å². The Morgan fingerprint density at radius 1 is 1.80 bits per heavy atom. The van der Waals surface area contributed by atoms with Crippen LogP contribution in [0, 0.1) is 0 Å². The highest BCUT2D eigenvalue weighted by atomic mass is 35.5. The van der Waals surface area contributed by atoms with Crippen molar-refractivity contribution in [3.8, 4) is 0 Å². The number of hydrogen-bond donors (Lipinski definition) is 1. The summed E-state index contributed by atoms with van der Waals surface area (Å²) in [4.78, 5) is 0. The van der Waals surface area contributed by atoms with Gasteiger partial charge in [-0.2, -0.15) is 0 Å². The molecule has 0 aromatic heterocycles. The van der Waals surface area contributed by atoms with Gasteiger partial charge in [0.1, 0.15) is 0 Å². The number of rotatable bonds is 5. The van der Waals surface area contributed by atoms with Crippen molar-refractivity contribution in [2.75, 3.05) is 13.7 Å². The number of alkyl halides is 1. The number of hydrogen-bond acceptors (Lipinski definition) is 2. The molecular formula is C7H13ClO2. The van der Waals surface area contributed by atoms with Gasteiger partial charge in [0.05, 0.1) is 11.5 Å². The number of methoxy groups -OCH3 is 1. The normalized spacial score (nSPS) is 16.3. The summed E-state index contributed by atoms with van der Waals surface area (Å²) in [6, 6.07) is 0. The van der Waals surface area contributed by atoms with Gasteiger partial charge in [-0.1, -0.05) is 6.08 Å². The molecule has 60 valence electrons. The molecule has 2 unspecified atom stereocenters. The van der Waals surface area contributed by atoms with Crippen LogP contribution in [0.25, 0.3) is 0 Å². The van der Waals surface area contributed by atoms with Crippen LogP contribution in [0.4, 0.5) is 0 Å². The van der Waals surface area contributed by atoms with Gasteiger partial charge in [-0.3, -0.25) is 0 Å². The first-order valence-electron chi connectivity index (χ1n) is 3.16. The van der Waals surface area contributed by atoms with Crippen LogP contribution < -0.4 is 0 Å². The second-order valence-corrected chi connectivity index (χ2v) is 2.47. The molecule has 0 rings (SSSR count). The summed E-state index contributed by atoms with van der Waals surface area (Å²) in [7, 11) is 1.57. The molecular weight excluding hydrogens is 152 g/mol. The maximum Gasteiger partial charge on any atom is 0.0791 e. The predicted octanol–water partition coefficient (Wildman–Crippen LogP) is 1.18. The van der Waals surface area contributed by atoms with E-state index in [1.807, 2.05) is 0 Å². The SMILES string of the molecule is C=CC(Cl)C(CCO)OC. The molecule has 0 spiro atoms. The Kier molecular flexibility index (Phi) is 5.69. The van der Waals surface area contributed by atoms with E-state index >= 15 is 0 Å². The quantitative estimate of drug-likeness (QED) is 0.489. The van der Waals surface area contributed by atoms with Gasteiger partial charge < -0.3 is 9.84 Å². The van der Waals surface area contributed by atoms with Gasteiger partial charge in [0.25, 0.3) is 0 Å². The highest BCUT2D eigenvalue weighted by Gasteiger charge is 2.13. The Morgan fingerprint density at radius 2 is 2.40 bits per heavy atom. The maximum absolute atomic E-state index is 8.54. The maximum atomic E-state index is 8.54. The van der Waals surface area contributed by atoms with Crippen molar-refractivity contribution >= 4 is 11.6 Å². The molecule has 1 N–H and O–H groups in total. The molecule has 0 aliphatic rings. The van der Waals surface area contributed by atoms with E-state index in [2.05, 4.69) is 6.58 Å². The van der Waals surface area contributed by atoms with E-state index in [0.29, 0.717) is 6.42 Å². The summed E-state index contributed by atoms with van der Waals surface area (Å²) in [5.74, 6) is 0. The third kappa shape index (κ3) is 3.20. The Labute approximate surface area is 66.5 Å². The van der Waals surface area contributed by atoms with E-state index in [-0.39, 0.29) is 18.1 Å². The molecule has 0 saturated carbocycles. The van der Waals surface area contributed by atoms with Crippen LogP contribution in [0.1, 0.15) is 6.42 Å². The molecule has 0 saturated heterocycles. The molecule has 10 heavy (non-hydrogen) atoms. The molecule has 0 aliphatic heterocycles. The van der Waals surface area contributed by atoms with Crippen LogP contribution in [0.2, 0.25) is 0 Å². The van der Waals surface area contributed by atoms with Gasteiger partial charge in [0, 0.05) is 13.7 Å². The summed E-state index contributed by atoms with van der Waals surface area (Å²) in [6.07, 6.45) is 2.03. The van der Waals surface area contributed by atoms with Crippen molar-refractivity contribution < 1.29 is 9.84 Å². The van der Waals surface area contributed by atoms with E-state index in [0.717, 1.165) is 0 Å². The molecule has 0 amide bonds. The fraction of sp³-hybridized carbons (Fsp3) is 0.714. The third-order valence-corrected chi connectivity index (χ3v) is 1.76. The van der Waals surface area contributed by atoms with Crippen LogP contribution in [0.3, 0.4) is 0 Å². The van der Waals surface area contributed by atoms with Gasteiger partial charge in [0.2, 0.25) is 0 Å². The zero-order chi connectivity index (χ0) is 7.98. The molecule has 0 aromatic carbocycles. The second kappa shape index (κ2) is 5.71. The summed E-state index contributed by atoms with van der Waals surface area (Å²) in [5.41, 5.74) is 0. The fourth-order valence-electron chi connectivity index (χ4n) is 0.686. The second-order valence-electron chi connectivity index (χ2n) is 1.97. The van der Waals surface area contributed by atoms with Gasteiger partial charge in [-0.25, -0.2) is 0 Å². The zero-order valence-corrected chi connectivity index (χ0v) is 6.84. The average Bonchev–Trinajstić information content (AvgIpc) is 1.99. The Bertz CT molecular complexity index is 95.6. The summed E-state index contributed by atoms with van der Waals surface area (Å²) >= 11 is 5.76. The van der Waals surface area contributed by atoms with Crippen LogP contribution in [0.5, 0.6) is 0 Å². The smallest absolute Gasteiger partial charge is 0.0791 e. The minimum absolute atomic E-state index is 0.0928. The molecule has 0 heterocycles. The minimum atomic E-state index is -0.211.